The maximum atomic E-state index is 3.94. The van der Waals surface area contributed by atoms with E-state index >= 15 is 0 Å². The molecule has 2 rings (SSSR count). The van der Waals surface area contributed by atoms with Crippen LogP contribution >= 0.6 is 0 Å². The Kier molecular flexibility index (Phi) is 4.08. The highest BCUT2D eigenvalue weighted by atomic mass is 15.2. The second-order valence-corrected chi connectivity index (χ2v) is 8.32. The summed E-state index contributed by atoms with van der Waals surface area (Å²) < 4.78 is 0. The zero-order valence-corrected chi connectivity index (χ0v) is 13.1. The molecule has 2 unspecified atom stereocenters. The maximum absolute atomic E-state index is 3.94. The molecule has 0 aromatic heterocycles. The number of nitrogens with zero attached hydrogens (tertiary/aromatic N) is 1. The lowest BCUT2D eigenvalue weighted by Crippen LogP contribution is -2.53. The van der Waals surface area contributed by atoms with Gasteiger partial charge < -0.3 is 10.2 Å². The smallest absolute Gasteiger partial charge is 0.0132 e. The van der Waals surface area contributed by atoms with Crippen LogP contribution < -0.4 is 5.32 Å². The van der Waals surface area contributed by atoms with Crippen LogP contribution in [-0.2, 0) is 0 Å². The number of hydrogen-bond donors (Lipinski definition) is 1. The van der Waals surface area contributed by atoms with Gasteiger partial charge in [0.1, 0.15) is 0 Å². The van der Waals surface area contributed by atoms with Gasteiger partial charge in [-0.05, 0) is 64.5 Å². The van der Waals surface area contributed by atoms with Gasteiger partial charge in [0, 0.05) is 17.6 Å². The minimum Gasteiger partial charge on any atom is -0.309 e. The van der Waals surface area contributed by atoms with E-state index < -0.39 is 0 Å². The summed E-state index contributed by atoms with van der Waals surface area (Å²) in [4.78, 5) is 2.70. The van der Waals surface area contributed by atoms with Crippen LogP contribution in [0.3, 0.4) is 0 Å². The van der Waals surface area contributed by atoms with Crippen molar-refractivity contribution in [3.8, 4) is 0 Å². The van der Waals surface area contributed by atoms with Crippen molar-refractivity contribution in [1.29, 1.82) is 0 Å². The quantitative estimate of drug-likeness (QED) is 0.828. The second-order valence-electron chi connectivity index (χ2n) is 8.32. The topological polar surface area (TPSA) is 15.3 Å². The van der Waals surface area contributed by atoms with Crippen LogP contribution in [0.4, 0.5) is 0 Å². The molecule has 2 heterocycles. The number of fused-ring (bicyclic) bond motifs is 1. The molecule has 0 spiro atoms. The lowest BCUT2D eigenvalue weighted by molar-refractivity contribution is 0.136. The van der Waals surface area contributed by atoms with Gasteiger partial charge in [-0.3, -0.25) is 0 Å². The van der Waals surface area contributed by atoms with E-state index in [1.54, 1.807) is 0 Å². The van der Waals surface area contributed by atoms with Crippen LogP contribution in [0, 0.1) is 5.41 Å². The molecule has 2 aliphatic rings. The Morgan fingerprint density at radius 3 is 2.44 bits per heavy atom. The predicted octanol–water partition coefficient (Wildman–Crippen LogP) is 3.42. The monoisotopic (exact) mass is 252 g/mol. The average molecular weight is 252 g/mol. The third kappa shape index (κ3) is 3.96. The summed E-state index contributed by atoms with van der Waals surface area (Å²) in [5, 5.41) is 3.94. The van der Waals surface area contributed by atoms with Crippen LogP contribution in [0.5, 0.6) is 0 Å². The SMILES string of the molecule is CC(C)(C)CC(C)(C)NC1CCN2CCCC2C1. The highest BCUT2D eigenvalue weighted by Gasteiger charge is 2.34. The van der Waals surface area contributed by atoms with Gasteiger partial charge in [0.25, 0.3) is 0 Å². The fourth-order valence-electron chi connectivity index (χ4n) is 4.28. The van der Waals surface area contributed by atoms with Crippen molar-refractivity contribution in [3.63, 3.8) is 0 Å². The van der Waals surface area contributed by atoms with E-state index in [-0.39, 0.29) is 5.54 Å². The molecule has 0 bridgehead atoms. The molecule has 0 radical (unpaired) electrons. The van der Waals surface area contributed by atoms with Gasteiger partial charge >= 0.3 is 0 Å². The third-order valence-electron chi connectivity index (χ3n) is 4.39. The molecule has 106 valence electrons. The average Bonchev–Trinajstić information content (AvgIpc) is 2.59. The van der Waals surface area contributed by atoms with E-state index in [9.17, 15) is 0 Å². The zero-order valence-electron chi connectivity index (χ0n) is 13.1. The standard InChI is InChI=1S/C16H32N2/c1-15(2,3)12-16(4,5)17-13-8-10-18-9-6-7-14(18)11-13/h13-14,17H,6-12H2,1-5H3. The molecule has 2 aliphatic heterocycles. The molecule has 0 aliphatic carbocycles. The maximum Gasteiger partial charge on any atom is 0.0132 e. The molecule has 0 aromatic carbocycles. The van der Waals surface area contributed by atoms with Gasteiger partial charge in [-0.1, -0.05) is 20.8 Å². The van der Waals surface area contributed by atoms with Crippen molar-refractivity contribution in [1.82, 2.24) is 10.2 Å². The van der Waals surface area contributed by atoms with Crippen molar-refractivity contribution in [2.45, 2.75) is 84.3 Å². The minimum absolute atomic E-state index is 0.268. The summed E-state index contributed by atoms with van der Waals surface area (Å²) in [6, 6.07) is 1.61. The van der Waals surface area contributed by atoms with Gasteiger partial charge in [0.2, 0.25) is 0 Å². The van der Waals surface area contributed by atoms with E-state index in [1.807, 2.05) is 0 Å². The van der Waals surface area contributed by atoms with Gasteiger partial charge in [-0.2, -0.15) is 0 Å². The van der Waals surface area contributed by atoms with E-state index in [0.717, 1.165) is 12.1 Å². The molecule has 2 nitrogen and oxygen atoms in total. The first-order valence-electron chi connectivity index (χ1n) is 7.77. The molecule has 2 saturated heterocycles. The molecular formula is C16H32N2. The third-order valence-corrected chi connectivity index (χ3v) is 4.39. The molecule has 0 aromatic rings. The predicted molar refractivity (Wildman–Crippen MR) is 78.9 cm³/mol. The molecule has 0 saturated carbocycles. The number of hydrogen-bond acceptors (Lipinski definition) is 2. The summed E-state index contributed by atoms with van der Waals surface area (Å²) in [5.74, 6) is 0. The lowest BCUT2D eigenvalue weighted by Gasteiger charge is -2.41. The number of rotatable bonds is 3. The summed E-state index contributed by atoms with van der Waals surface area (Å²) in [6.07, 6.45) is 6.79. The van der Waals surface area contributed by atoms with Gasteiger partial charge in [-0.15, -0.1) is 0 Å². The van der Waals surface area contributed by atoms with Crippen molar-refractivity contribution in [3.05, 3.63) is 0 Å². The molecule has 2 fully saturated rings. The van der Waals surface area contributed by atoms with Crippen LogP contribution in [-0.4, -0.2) is 35.6 Å². The number of piperidine rings is 1. The van der Waals surface area contributed by atoms with Gasteiger partial charge in [0.05, 0.1) is 0 Å². The van der Waals surface area contributed by atoms with E-state index in [0.29, 0.717) is 5.41 Å². The molecule has 2 atom stereocenters. The van der Waals surface area contributed by atoms with Gasteiger partial charge in [-0.25, -0.2) is 0 Å². The summed E-state index contributed by atoms with van der Waals surface area (Å²) >= 11 is 0. The summed E-state index contributed by atoms with van der Waals surface area (Å²) in [7, 11) is 0. The van der Waals surface area contributed by atoms with Crippen molar-refractivity contribution in [2.75, 3.05) is 13.1 Å². The van der Waals surface area contributed by atoms with E-state index in [4.69, 9.17) is 0 Å². The highest BCUT2D eigenvalue weighted by Crippen LogP contribution is 2.31. The van der Waals surface area contributed by atoms with Crippen LogP contribution in [0.25, 0.3) is 0 Å². The number of nitrogens with one attached hydrogen (secondary N) is 1. The molecule has 0 amide bonds. The minimum atomic E-state index is 0.268. The Morgan fingerprint density at radius 1 is 1.06 bits per heavy atom. The molecule has 2 heteroatoms. The second kappa shape index (κ2) is 5.13. The van der Waals surface area contributed by atoms with Gasteiger partial charge in [0.15, 0.2) is 0 Å². The van der Waals surface area contributed by atoms with E-state index in [1.165, 1.54) is 45.2 Å². The fourth-order valence-corrected chi connectivity index (χ4v) is 4.28. The molecular weight excluding hydrogens is 220 g/mol. The largest absolute Gasteiger partial charge is 0.309 e. The molecule has 1 N–H and O–H groups in total. The van der Waals surface area contributed by atoms with Crippen molar-refractivity contribution < 1.29 is 0 Å². The highest BCUT2D eigenvalue weighted by molar-refractivity contribution is 4.93. The van der Waals surface area contributed by atoms with E-state index in [2.05, 4.69) is 44.8 Å². The Hall–Kier alpha value is -0.0800. The Balaban J connectivity index is 1.85. The Labute approximate surface area is 114 Å². The fraction of sp³-hybridized carbons (Fsp3) is 1.00. The Bertz CT molecular complexity index is 277. The summed E-state index contributed by atoms with van der Waals surface area (Å²) in [6.45, 7) is 14.4. The van der Waals surface area contributed by atoms with Crippen LogP contribution in [0.15, 0.2) is 0 Å². The summed E-state index contributed by atoms with van der Waals surface area (Å²) in [5.41, 5.74) is 0.675. The van der Waals surface area contributed by atoms with Crippen molar-refractivity contribution in [2.24, 2.45) is 5.41 Å². The first kappa shape index (κ1) is 14.3. The molecule has 18 heavy (non-hydrogen) atoms. The zero-order chi connectivity index (χ0) is 13.4. The van der Waals surface area contributed by atoms with Crippen LogP contribution in [0.1, 0.15) is 66.7 Å². The van der Waals surface area contributed by atoms with Crippen LogP contribution in [0.2, 0.25) is 0 Å². The first-order chi connectivity index (χ1) is 8.25. The normalized spacial score (nSPS) is 30.5. The van der Waals surface area contributed by atoms with Crippen molar-refractivity contribution >= 4 is 0 Å². The lowest BCUT2D eigenvalue weighted by atomic mass is 9.81. The first-order valence-corrected chi connectivity index (χ1v) is 7.77. The Morgan fingerprint density at radius 2 is 1.78 bits per heavy atom.